The Labute approximate surface area is 119 Å². The van der Waals surface area contributed by atoms with Crippen molar-refractivity contribution in [1.82, 2.24) is 10.2 Å². The van der Waals surface area contributed by atoms with Crippen molar-refractivity contribution in [2.24, 2.45) is 17.3 Å². The second-order valence-corrected chi connectivity index (χ2v) is 7.44. The molecule has 19 heavy (non-hydrogen) atoms. The van der Waals surface area contributed by atoms with Gasteiger partial charge in [0.15, 0.2) is 0 Å². The lowest BCUT2D eigenvalue weighted by atomic mass is 9.67. The molecule has 3 atom stereocenters. The molecule has 1 aliphatic carbocycles. The number of ether oxygens (including phenoxy) is 1. The Morgan fingerprint density at radius 1 is 1.16 bits per heavy atom. The summed E-state index contributed by atoms with van der Waals surface area (Å²) in [4.78, 5) is 2.60. The molecule has 1 saturated carbocycles. The molecular formula is C16H32N2O. The van der Waals surface area contributed by atoms with E-state index in [0.717, 1.165) is 38.1 Å². The lowest BCUT2D eigenvalue weighted by molar-refractivity contribution is 0.0159. The monoisotopic (exact) mass is 268 g/mol. The van der Waals surface area contributed by atoms with E-state index >= 15 is 0 Å². The molecule has 2 rings (SSSR count). The molecule has 0 aromatic heterocycles. The summed E-state index contributed by atoms with van der Waals surface area (Å²) in [5, 5.41) is 3.56. The molecule has 0 amide bonds. The van der Waals surface area contributed by atoms with Crippen LogP contribution in [0.2, 0.25) is 0 Å². The van der Waals surface area contributed by atoms with Crippen LogP contribution in [0.5, 0.6) is 0 Å². The van der Waals surface area contributed by atoms with Gasteiger partial charge < -0.3 is 10.1 Å². The minimum absolute atomic E-state index is 0.460. The first-order valence-corrected chi connectivity index (χ1v) is 7.98. The van der Waals surface area contributed by atoms with Crippen molar-refractivity contribution in [1.29, 1.82) is 0 Å². The van der Waals surface area contributed by atoms with Crippen LogP contribution in [-0.2, 0) is 4.74 Å². The average Bonchev–Trinajstić information content (AvgIpc) is 2.39. The topological polar surface area (TPSA) is 24.5 Å². The molecule has 1 aliphatic heterocycles. The minimum Gasteiger partial charge on any atom is -0.379 e. The van der Waals surface area contributed by atoms with Gasteiger partial charge in [-0.25, -0.2) is 0 Å². The Morgan fingerprint density at radius 3 is 2.42 bits per heavy atom. The summed E-state index contributed by atoms with van der Waals surface area (Å²) in [5.74, 6) is 1.68. The third-order valence-corrected chi connectivity index (χ3v) is 5.17. The summed E-state index contributed by atoms with van der Waals surface area (Å²) in [6.07, 6.45) is 4.11. The predicted molar refractivity (Wildman–Crippen MR) is 80.4 cm³/mol. The quantitative estimate of drug-likeness (QED) is 0.850. The van der Waals surface area contributed by atoms with Crippen LogP contribution in [-0.4, -0.2) is 50.8 Å². The summed E-state index contributed by atoms with van der Waals surface area (Å²) in [5.41, 5.74) is 0.460. The molecule has 3 unspecified atom stereocenters. The van der Waals surface area contributed by atoms with Crippen molar-refractivity contribution in [3.8, 4) is 0 Å². The first-order chi connectivity index (χ1) is 9.00. The summed E-state index contributed by atoms with van der Waals surface area (Å²) in [7, 11) is 2.13. The third-order valence-electron chi connectivity index (χ3n) is 5.17. The molecule has 0 radical (unpaired) electrons. The highest BCUT2D eigenvalue weighted by Crippen LogP contribution is 2.40. The standard InChI is InChI=1S/C16H32N2O/c1-16(2,3)14-5-6-15(17-4)13(11-14)12-18-7-9-19-10-8-18/h13-15,17H,5-12H2,1-4H3. The zero-order valence-electron chi connectivity index (χ0n) is 13.2. The second kappa shape index (κ2) is 6.55. The zero-order valence-corrected chi connectivity index (χ0v) is 13.2. The van der Waals surface area contributed by atoms with E-state index in [2.05, 4.69) is 38.0 Å². The molecule has 0 bridgehead atoms. The number of nitrogens with one attached hydrogen (secondary N) is 1. The normalized spacial score (nSPS) is 34.4. The first-order valence-electron chi connectivity index (χ1n) is 7.98. The fourth-order valence-electron chi connectivity index (χ4n) is 3.75. The molecule has 112 valence electrons. The lowest BCUT2D eigenvalue weighted by Gasteiger charge is -2.43. The molecular weight excluding hydrogens is 236 g/mol. The van der Waals surface area contributed by atoms with Crippen LogP contribution in [0.3, 0.4) is 0 Å². The molecule has 0 spiro atoms. The summed E-state index contributed by atoms with van der Waals surface area (Å²) < 4.78 is 5.46. The number of rotatable bonds is 3. The van der Waals surface area contributed by atoms with Crippen molar-refractivity contribution in [2.75, 3.05) is 39.9 Å². The summed E-state index contributed by atoms with van der Waals surface area (Å²) in [6.45, 7) is 12.5. The summed E-state index contributed by atoms with van der Waals surface area (Å²) in [6, 6.07) is 0.710. The molecule has 1 saturated heterocycles. The van der Waals surface area contributed by atoms with Crippen LogP contribution in [0.15, 0.2) is 0 Å². The zero-order chi connectivity index (χ0) is 13.9. The maximum absolute atomic E-state index is 5.46. The number of morpholine rings is 1. The van der Waals surface area contributed by atoms with Crippen LogP contribution in [0.4, 0.5) is 0 Å². The first kappa shape index (κ1) is 15.3. The smallest absolute Gasteiger partial charge is 0.0594 e. The number of hydrogen-bond acceptors (Lipinski definition) is 3. The van der Waals surface area contributed by atoms with Gasteiger partial charge in [-0.15, -0.1) is 0 Å². The van der Waals surface area contributed by atoms with Crippen molar-refractivity contribution >= 4 is 0 Å². The van der Waals surface area contributed by atoms with Gasteiger partial charge in [-0.05, 0) is 43.6 Å². The van der Waals surface area contributed by atoms with Gasteiger partial charge in [0.2, 0.25) is 0 Å². The molecule has 2 aliphatic rings. The highest BCUT2D eigenvalue weighted by Gasteiger charge is 2.36. The van der Waals surface area contributed by atoms with E-state index in [4.69, 9.17) is 4.74 Å². The van der Waals surface area contributed by atoms with Crippen molar-refractivity contribution in [2.45, 2.75) is 46.1 Å². The van der Waals surface area contributed by atoms with E-state index in [0.29, 0.717) is 11.5 Å². The molecule has 2 fully saturated rings. The maximum atomic E-state index is 5.46. The molecule has 0 aromatic rings. The van der Waals surface area contributed by atoms with E-state index in [9.17, 15) is 0 Å². The third kappa shape index (κ3) is 4.17. The fourth-order valence-corrected chi connectivity index (χ4v) is 3.75. The average molecular weight is 268 g/mol. The van der Waals surface area contributed by atoms with E-state index < -0.39 is 0 Å². The molecule has 3 heteroatoms. The van der Waals surface area contributed by atoms with Crippen LogP contribution in [0.1, 0.15) is 40.0 Å². The lowest BCUT2D eigenvalue weighted by Crippen LogP contribution is -2.48. The predicted octanol–water partition coefficient (Wildman–Crippen LogP) is 2.37. The maximum Gasteiger partial charge on any atom is 0.0594 e. The van der Waals surface area contributed by atoms with E-state index in [-0.39, 0.29) is 0 Å². The van der Waals surface area contributed by atoms with Crippen LogP contribution >= 0.6 is 0 Å². The van der Waals surface area contributed by atoms with Crippen LogP contribution < -0.4 is 5.32 Å². The molecule has 1 N–H and O–H groups in total. The van der Waals surface area contributed by atoms with E-state index in [1.165, 1.54) is 25.8 Å². The van der Waals surface area contributed by atoms with E-state index in [1.54, 1.807) is 0 Å². The van der Waals surface area contributed by atoms with Gasteiger partial charge in [0.05, 0.1) is 13.2 Å². The van der Waals surface area contributed by atoms with Crippen LogP contribution in [0, 0.1) is 17.3 Å². The summed E-state index contributed by atoms with van der Waals surface area (Å²) >= 11 is 0. The largest absolute Gasteiger partial charge is 0.379 e. The second-order valence-electron chi connectivity index (χ2n) is 7.44. The minimum atomic E-state index is 0.460. The number of hydrogen-bond donors (Lipinski definition) is 1. The highest BCUT2D eigenvalue weighted by molar-refractivity contribution is 4.90. The Morgan fingerprint density at radius 2 is 1.84 bits per heavy atom. The molecule has 0 aromatic carbocycles. The molecule has 1 heterocycles. The van der Waals surface area contributed by atoms with Gasteiger partial charge in [-0.1, -0.05) is 20.8 Å². The SMILES string of the molecule is CNC1CCC(C(C)(C)C)CC1CN1CCOCC1. The van der Waals surface area contributed by atoms with E-state index in [1.807, 2.05) is 0 Å². The van der Waals surface area contributed by atoms with Gasteiger partial charge in [0, 0.05) is 25.7 Å². The van der Waals surface area contributed by atoms with Crippen molar-refractivity contribution in [3.05, 3.63) is 0 Å². The van der Waals surface area contributed by atoms with Gasteiger partial charge >= 0.3 is 0 Å². The Kier molecular flexibility index (Phi) is 5.27. The van der Waals surface area contributed by atoms with Gasteiger partial charge in [-0.2, -0.15) is 0 Å². The van der Waals surface area contributed by atoms with Crippen molar-refractivity contribution in [3.63, 3.8) is 0 Å². The van der Waals surface area contributed by atoms with Gasteiger partial charge in [0.25, 0.3) is 0 Å². The Hall–Kier alpha value is -0.120. The van der Waals surface area contributed by atoms with Crippen LogP contribution in [0.25, 0.3) is 0 Å². The van der Waals surface area contributed by atoms with Gasteiger partial charge in [-0.3, -0.25) is 4.90 Å². The Balaban J connectivity index is 1.93. The highest BCUT2D eigenvalue weighted by atomic mass is 16.5. The fraction of sp³-hybridized carbons (Fsp3) is 1.00. The molecule has 3 nitrogen and oxygen atoms in total. The number of nitrogens with zero attached hydrogens (tertiary/aromatic N) is 1. The Bertz CT molecular complexity index is 268. The van der Waals surface area contributed by atoms with Gasteiger partial charge in [0.1, 0.15) is 0 Å². The van der Waals surface area contributed by atoms with Crippen molar-refractivity contribution < 1.29 is 4.74 Å².